The Labute approximate surface area is 71.6 Å². The second-order valence-corrected chi connectivity index (χ2v) is 3.24. The molecule has 1 aliphatic rings. The number of carbonyl (C=O) groups is 1. The molecule has 0 bridgehead atoms. The van der Waals surface area contributed by atoms with Crippen molar-refractivity contribution in [3.63, 3.8) is 0 Å². The van der Waals surface area contributed by atoms with E-state index in [1.165, 1.54) is 18.5 Å². The van der Waals surface area contributed by atoms with Crippen LogP contribution in [0.2, 0.25) is 0 Å². The molecule has 1 aromatic rings. The molecule has 0 aromatic carbocycles. The van der Waals surface area contributed by atoms with E-state index in [0.717, 1.165) is 11.8 Å². The van der Waals surface area contributed by atoms with Gasteiger partial charge in [0.15, 0.2) is 0 Å². The highest BCUT2D eigenvalue weighted by Gasteiger charge is 2.24. The van der Waals surface area contributed by atoms with Crippen molar-refractivity contribution in [2.45, 2.75) is 25.2 Å². The average Bonchev–Trinajstić information content (AvgIpc) is 2.89. The first-order chi connectivity index (χ1) is 5.90. The van der Waals surface area contributed by atoms with Crippen LogP contribution >= 0.6 is 0 Å². The van der Waals surface area contributed by atoms with Gasteiger partial charge >= 0.3 is 0 Å². The van der Waals surface area contributed by atoms with Crippen LogP contribution in [-0.4, -0.2) is 11.3 Å². The number of nitrogens with zero attached hydrogens (tertiary/aromatic N) is 1. The third-order valence-electron chi connectivity index (χ3n) is 2.16. The second-order valence-electron chi connectivity index (χ2n) is 3.24. The van der Waals surface area contributed by atoms with Gasteiger partial charge in [-0.25, -0.2) is 0 Å². The van der Waals surface area contributed by atoms with Crippen LogP contribution in [0.15, 0.2) is 18.3 Å². The quantitative estimate of drug-likeness (QED) is 0.631. The molecule has 1 aromatic heterocycles. The van der Waals surface area contributed by atoms with Crippen LogP contribution in [0.3, 0.4) is 0 Å². The first kappa shape index (κ1) is 7.47. The van der Waals surface area contributed by atoms with E-state index in [0.29, 0.717) is 12.3 Å². The number of pyridine rings is 1. The number of aromatic nitrogens is 1. The normalized spacial score (nSPS) is 16.0. The zero-order valence-electron chi connectivity index (χ0n) is 6.86. The van der Waals surface area contributed by atoms with Gasteiger partial charge in [-0.2, -0.15) is 0 Å². The van der Waals surface area contributed by atoms with Gasteiger partial charge in [-0.3, -0.25) is 4.98 Å². The van der Waals surface area contributed by atoms with E-state index in [4.69, 9.17) is 0 Å². The maximum absolute atomic E-state index is 10.2. The molecule has 1 saturated carbocycles. The highest BCUT2D eigenvalue weighted by atomic mass is 16.1. The van der Waals surface area contributed by atoms with E-state index in [1.807, 2.05) is 18.3 Å². The lowest BCUT2D eigenvalue weighted by molar-refractivity contribution is -0.107. The summed E-state index contributed by atoms with van der Waals surface area (Å²) in [7, 11) is 0. The summed E-state index contributed by atoms with van der Waals surface area (Å²) in [5, 5.41) is 0. The minimum atomic E-state index is 0.484. The highest BCUT2D eigenvalue weighted by Crippen LogP contribution is 2.38. The predicted octanol–water partition coefficient (Wildman–Crippen LogP) is 1.70. The third-order valence-corrected chi connectivity index (χ3v) is 2.16. The van der Waals surface area contributed by atoms with Crippen molar-refractivity contribution in [1.29, 1.82) is 0 Å². The molecule has 0 spiro atoms. The van der Waals surface area contributed by atoms with Gasteiger partial charge in [-0.15, -0.1) is 0 Å². The Kier molecular flexibility index (Phi) is 1.90. The van der Waals surface area contributed by atoms with Crippen molar-refractivity contribution in [3.05, 3.63) is 29.6 Å². The Balaban J connectivity index is 2.12. The molecule has 0 amide bonds. The minimum Gasteiger partial charge on any atom is -0.303 e. The van der Waals surface area contributed by atoms with Crippen LogP contribution in [0.5, 0.6) is 0 Å². The van der Waals surface area contributed by atoms with Gasteiger partial charge < -0.3 is 4.79 Å². The smallest absolute Gasteiger partial charge is 0.124 e. The minimum absolute atomic E-state index is 0.484. The Hall–Kier alpha value is -1.18. The molecule has 0 atom stereocenters. The van der Waals surface area contributed by atoms with E-state index < -0.39 is 0 Å². The Morgan fingerprint density at radius 1 is 1.50 bits per heavy atom. The molecule has 0 unspecified atom stereocenters. The molecule has 0 N–H and O–H groups in total. The molecule has 2 rings (SSSR count). The molecule has 62 valence electrons. The molecule has 12 heavy (non-hydrogen) atoms. The van der Waals surface area contributed by atoms with Gasteiger partial charge in [0.1, 0.15) is 6.29 Å². The molecule has 2 nitrogen and oxygen atoms in total. The number of hydrogen-bond donors (Lipinski definition) is 0. The van der Waals surface area contributed by atoms with Gasteiger partial charge in [-0.1, -0.05) is 6.07 Å². The summed E-state index contributed by atoms with van der Waals surface area (Å²) < 4.78 is 0. The Bertz CT molecular complexity index is 274. The molecule has 1 fully saturated rings. The lowest BCUT2D eigenvalue weighted by atomic mass is 10.2. The van der Waals surface area contributed by atoms with Crippen molar-refractivity contribution >= 4 is 6.29 Å². The topological polar surface area (TPSA) is 30.0 Å². The first-order valence-corrected chi connectivity index (χ1v) is 4.28. The van der Waals surface area contributed by atoms with E-state index >= 15 is 0 Å². The van der Waals surface area contributed by atoms with Crippen LogP contribution in [0.25, 0.3) is 0 Å². The Morgan fingerprint density at radius 3 is 2.83 bits per heavy atom. The molecule has 0 saturated heterocycles. The number of aldehydes is 1. The average molecular weight is 161 g/mol. The van der Waals surface area contributed by atoms with Gasteiger partial charge in [0.05, 0.1) is 0 Å². The number of hydrogen-bond acceptors (Lipinski definition) is 2. The lowest BCUT2D eigenvalue weighted by Crippen LogP contribution is -1.90. The molecule has 2 heteroatoms. The maximum Gasteiger partial charge on any atom is 0.124 e. The van der Waals surface area contributed by atoms with E-state index in [-0.39, 0.29) is 0 Å². The summed E-state index contributed by atoms with van der Waals surface area (Å²) in [5.74, 6) is 0.704. The Morgan fingerprint density at radius 2 is 2.33 bits per heavy atom. The molecular formula is C10H11NO. The van der Waals surface area contributed by atoms with Crippen molar-refractivity contribution in [2.24, 2.45) is 0 Å². The summed E-state index contributed by atoms with van der Waals surface area (Å²) in [6.45, 7) is 0. The van der Waals surface area contributed by atoms with Crippen LogP contribution in [0.1, 0.15) is 30.0 Å². The van der Waals surface area contributed by atoms with E-state index in [9.17, 15) is 4.79 Å². The van der Waals surface area contributed by atoms with Gasteiger partial charge in [-0.05, 0) is 24.5 Å². The van der Waals surface area contributed by atoms with Crippen molar-refractivity contribution < 1.29 is 4.79 Å². The van der Waals surface area contributed by atoms with Crippen LogP contribution in [-0.2, 0) is 11.2 Å². The van der Waals surface area contributed by atoms with Gasteiger partial charge in [0, 0.05) is 24.2 Å². The number of rotatable bonds is 3. The largest absolute Gasteiger partial charge is 0.303 e. The van der Waals surface area contributed by atoms with Gasteiger partial charge in [0.25, 0.3) is 0 Å². The van der Waals surface area contributed by atoms with E-state index in [2.05, 4.69) is 4.98 Å². The van der Waals surface area contributed by atoms with Crippen molar-refractivity contribution in [1.82, 2.24) is 4.98 Å². The SMILES string of the molecule is O=CCc1ccc(C2CC2)nc1. The molecule has 1 aliphatic carbocycles. The van der Waals surface area contributed by atoms with Crippen LogP contribution < -0.4 is 0 Å². The standard InChI is InChI=1S/C10H11NO/c12-6-5-8-1-4-10(11-7-8)9-2-3-9/h1,4,6-7,9H,2-3,5H2. The van der Waals surface area contributed by atoms with Crippen molar-refractivity contribution in [2.75, 3.05) is 0 Å². The molecule has 0 aliphatic heterocycles. The summed E-state index contributed by atoms with van der Waals surface area (Å²) in [4.78, 5) is 14.5. The van der Waals surface area contributed by atoms with Crippen LogP contribution in [0, 0.1) is 0 Å². The van der Waals surface area contributed by atoms with Crippen molar-refractivity contribution in [3.8, 4) is 0 Å². The van der Waals surface area contributed by atoms with Crippen LogP contribution in [0.4, 0.5) is 0 Å². The first-order valence-electron chi connectivity index (χ1n) is 4.28. The maximum atomic E-state index is 10.2. The zero-order valence-corrected chi connectivity index (χ0v) is 6.86. The summed E-state index contributed by atoms with van der Waals surface area (Å²) in [6.07, 6.45) is 5.76. The summed E-state index contributed by atoms with van der Waals surface area (Å²) >= 11 is 0. The lowest BCUT2D eigenvalue weighted by Gasteiger charge is -1.97. The fourth-order valence-electron chi connectivity index (χ4n) is 1.27. The number of carbonyl (C=O) groups excluding carboxylic acids is 1. The molecule has 1 heterocycles. The predicted molar refractivity (Wildman–Crippen MR) is 46.0 cm³/mol. The highest BCUT2D eigenvalue weighted by molar-refractivity contribution is 5.54. The van der Waals surface area contributed by atoms with Gasteiger partial charge in [0.2, 0.25) is 0 Å². The van der Waals surface area contributed by atoms with E-state index in [1.54, 1.807) is 0 Å². The third kappa shape index (κ3) is 1.52. The monoisotopic (exact) mass is 161 g/mol. The second kappa shape index (κ2) is 3.05. The zero-order chi connectivity index (χ0) is 8.39. The summed E-state index contributed by atoms with van der Waals surface area (Å²) in [6, 6.07) is 4.03. The molecule has 0 radical (unpaired) electrons. The fraction of sp³-hybridized carbons (Fsp3) is 0.400. The molecular weight excluding hydrogens is 150 g/mol. The summed E-state index contributed by atoms with van der Waals surface area (Å²) in [5.41, 5.74) is 2.19. The fourth-order valence-corrected chi connectivity index (χ4v) is 1.27.